The molecule has 1 saturated carbocycles. The molecule has 2 fully saturated rings. The maximum Gasteiger partial charge on any atom is 0.137 e. The van der Waals surface area contributed by atoms with Crippen LogP contribution >= 0.6 is 0 Å². The van der Waals surface area contributed by atoms with Crippen LogP contribution in [0.1, 0.15) is 36.9 Å². The summed E-state index contributed by atoms with van der Waals surface area (Å²) in [6, 6.07) is 4.34. The highest BCUT2D eigenvalue weighted by Crippen LogP contribution is 2.48. The number of pyridine rings is 1. The van der Waals surface area contributed by atoms with E-state index in [0.717, 1.165) is 17.9 Å². The van der Waals surface area contributed by atoms with Crippen LogP contribution in [0.2, 0.25) is 0 Å². The normalized spacial score (nSPS) is 20.0. The summed E-state index contributed by atoms with van der Waals surface area (Å²) in [4.78, 5) is 7.29. The van der Waals surface area contributed by atoms with Gasteiger partial charge < -0.3 is 4.40 Å². The van der Waals surface area contributed by atoms with Gasteiger partial charge in [0.2, 0.25) is 0 Å². The van der Waals surface area contributed by atoms with Gasteiger partial charge in [-0.2, -0.15) is 0 Å². The maximum atomic E-state index is 4.67. The molecule has 5 rings (SSSR count). The minimum absolute atomic E-state index is 0.658. The first-order valence-corrected chi connectivity index (χ1v) is 8.81. The number of fused-ring (bicyclic) bond motifs is 1. The van der Waals surface area contributed by atoms with E-state index in [1.165, 1.54) is 44.3 Å². The number of aromatic nitrogens is 5. The third-order valence-corrected chi connectivity index (χ3v) is 5.70. The zero-order chi connectivity index (χ0) is 16.0. The molecule has 2 aliphatic rings. The summed E-state index contributed by atoms with van der Waals surface area (Å²) in [6.45, 7) is 4.24. The van der Waals surface area contributed by atoms with Crippen LogP contribution in [0.5, 0.6) is 0 Å². The molecule has 1 aliphatic heterocycles. The minimum Gasteiger partial charge on any atom is -0.306 e. The molecule has 0 unspecified atom stereocenters. The Balaban J connectivity index is 1.32. The molecule has 124 valence electrons. The fourth-order valence-electron chi connectivity index (χ4n) is 4.25. The number of imidazole rings is 1. The summed E-state index contributed by atoms with van der Waals surface area (Å²) >= 11 is 0. The summed E-state index contributed by atoms with van der Waals surface area (Å²) in [5, 5.41) is 7.85. The summed E-state index contributed by atoms with van der Waals surface area (Å²) in [7, 11) is 0. The lowest BCUT2D eigenvalue weighted by Gasteiger charge is -2.38. The van der Waals surface area contributed by atoms with Crippen LogP contribution < -0.4 is 0 Å². The Morgan fingerprint density at radius 2 is 2.04 bits per heavy atom. The van der Waals surface area contributed by atoms with Crippen molar-refractivity contribution < 1.29 is 0 Å². The molecule has 6 nitrogen and oxygen atoms in total. The second kappa shape index (κ2) is 5.41. The van der Waals surface area contributed by atoms with E-state index in [2.05, 4.69) is 49.1 Å². The minimum atomic E-state index is 0.658. The van der Waals surface area contributed by atoms with Crippen LogP contribution in [0, 0.1) is 5.41 Å². The van der Waals surface area contributed by atoms with Crippen molar-refractivity contribution in [2.75, 3.05) is 13.1 Å². The topological polar surface area (TPSA) is 51.2 Å². The number of likely N-dealkylation sites (tertiary alicyclic amines) is 1. The first-order chi connectivity index (χ1) is 11.8. The Morgan fingerprint density at radius 1 is 1.08 bits per heavy atom. The molecule has 0 N–H and O–H groups in total. The van der Waals surface area contributed by atoms with Crippen LogP contribution in [-0.4, -0.2) is 42.4 Å². The van der Waals surface area contributed by atoms with Gasteiger partial charge in [0.15, 0.2) is 0 Å². The Morgan fingerprint density at radius 3 is 2.79 bits per heavy atom. The van der Waals surface area contributed by atoms with Crippen molar-refractivity contribution in [1.29, 1.82) is 0 Å². The molecule has 1 saturated heterocycles. The molecule has 0 bridgehead atoms. The third kappa shape index (κ3) is 2.51. The van der Waals surface area contributed by atoms with E-state index in [1.807, 2.05) is 6.20 Å². The van der Waals surface area contributed by atoms with Crippen molar-refractivity contribution in [3.63, 3.8) is 0 Å². The molecule has 3 aromatic rings. The van der Waals surface area contributed by atoms with E-state index in [1.54, 1.807) is 10.9 Å². The third-order valence-electron chi connectivity index (χ3n) is 5.70. The molecule has 0 atom stereocenters. The van der Waals surface area contributed by atoms with Gasteiger partial charge in [0.05, 0.1) is 18.4 Å². The second-order valence-corrected chi connectivity index (χ2v) is 7.45. The molecule has 0 radical (unpaired) electrons. The van der Waals surface area contributed by atoms with E-state index in [4.69, 9.17) is 0 Å². The van der Waals surface area contributed by atoms with E-state index in [9.17, 15) is 0 Å². The Labute approximate surface area is 141 Å². The predicted molar refractivity (Wildman–Crippen MR) is 90.5 cm³/mol. The Bertz CT molecular complexity index is 846. The molecule has 1 aliphatic carbocycles. The van der Waals surface area contributed by atoms with Crippen molar-refractivity contribution in [2.45, 2.75) is 38.8 Å². The van der Waals surface area contributed by atoms with Crippen LogP contribution in [0.15, 0.2) is 36.9 Å². The maximum absolute atomic E-state index is 4.67. The molecule has 0 amide bonds. The van der Waals surface area contributed by atoms with Crippen molar-refractivity contribution in [3.8, 4) is 0 Å². The number of hydrogen-bond donors (Lipinski definition) is 0. The first kappa shape index (κ1) is 14.2. The zero-order valence-corrected chi connectivity index (χ0v) is 13.8. The van der Waals surface area contributed by atoms with Gasteiger partial charge in [-0.05, 0) is 42.9 Å². The fourth-order valence-corrected chi connectivity index (χ4v) is 4.25. The fraction of sp³-hybridized carbons (Fsp3) is 0.500. The van der Waals surface area contributed by atoms with Gasteiger partial charge in [0.1, 0.15) is 5.65 Å². The molecule has 4 heterocycles. The SMILES string of the molecule is c1cn(Cc2cn3cc(CN4CCC5(CCC5)C4)ccc3n2)nn1. The van der Waals surface area contributed by atoms with E-state index >= 15 is 0 Å². The van der Waals surface area contributed by atoms with E-state index < -0.39 is 0 Å². The first-order valence-electron chi connectivity index (χ1n) is 8.81. The van der Waals surface area contributed by atoms with Gasteiger partial charge in [-0.3, -0.25) is 4.90 Å². The molecular formula is C18H22N6. The van der Waals surface area contributed by atoms with Gasteiger partial charge >= 0.3 is 0 Å². The lowest BCUT2D eigenvalue weighted by Crippen LogP contribution is -2.32. The average Bonchev–Trinajstić information content (AvgIpc) is 3.25. The van der Waals surface area contributed by atoms with Crippen LogP contribution in [0.4, 0.5) is 0 Å². The van der Waals surface area contributed by atoms with Crippen molar-refractivity contribution >= 4 is 5.65 Å². The summed E-state index contributed by atoms with van der Waals surface area (Å²) < 4.78 is 3.93. The van der Waals surface area contributed by atoms with Crippen molar-refractivity contribution in [3.05, 3.63) is 48.2 Å². The second-order valence-electron chi connectivity index (χ2n) is 7.45. The molecule has 0 aromatic carbocycles. The van der Waals surface area contributed by atoms with Gasteiger partial charge in [-0.25, -0.2) is 9.67 Å². The quantitative estimate of drug-likeness (QED) is 0.740. The smallest absolute Gasteiger partial charge is 0.137 e. The van der Waals surface area contributed by atoms with Crippen LogP contribution in [0.25, 0.3) is 5.65 Å². The summed E-state index contributed by atoms with van der Waals surface area (Å²) in [6.07, 6.45) is 13.6. The number of hydrogen-bond acceptors (Lipinski definition) is 4. The number of rotatable bonds is 4. The molecule has 24 heavy (non-hydrogen) atoms. The van der Waals surface area contributed by atoms with Gasteiger partial charge in [0, 0.05) is 31.7 Å². The molecule has 3 aromatic heterocycles. The highest BCUT2D eigenvalue weighted by molar-refractivity contribution is 5.41. The predicted octanol–water partition coefficient (Wildman–Crippen LogP) is 2.35. The van der Waals surface area contributed by atoms with Gasteiger partial charge in [-0.15, -0.1) is 5.10 Å². The molecule has 1 spiro atoms. The summed E-state index contributed by atoms with van der Waals surface area (Å²) in [5.41, 5.74) is 4.03. The highest BCUT2D eigenvalue weighted by Gasteiger charge is 2.42. The highest BCUT2D eigenvalue weighted by atomic mass is 15.4. The average molecular weight is 322 g/mol. The lowest BCUT2D eigenvalue weighted by molar-refractivity contribution is 0.137. The van der Waals surface area contributed by atoms with Crippen LogP contribution in [0.3, 0.4) is 0 Å². The Kier molecular flexibility index (Phi) is 3.19. The van der Waals surface area contributed by atoms with Crippen molar-refractivity contribution in [2.24, 2.45) is 5.41 Å². The number of nitrogens with zero attached hydrogens (tertiary/aromatic N) is 6. The van der Waals surface area contributed by atoms with Crippen molar-refractivity contribution in [1.82, 2.24) is 29.3 Å². The monoisotopic (exact) mass is 322 g/mol. The zero-order valence-electron chi connectivity index (χ0n) is 13.8. The van der Waals surface area contributed by atoms with E-state index in [0.29, 0.717) is 12.0 Å². The van der Waals surface area contributed by atoms with Crippen LogP contribution in [-0.2, 0) is 13.1 Å². The summed E-state index contributed by atoms with van der Waals surface area (Å²) in [5.74, 6) is 0. The van der Waals surface area contributed by atoms with Gasteiger partial charge in [0.25, 0.3) is 0 Å². The van der Waals surface area contributed by atoms with E-state index in [-0.39, 0.29) is 0 Å². The standard InChI is InChI=1S/C18H22N6/c1-4-18(5-1)6-8-22(14-18)10-15-2-3-17-20-16(12-23(17)11-15)13-24-9-7-19-21-24/h2-3,7,9,11-12H,1,4-6,8,10,13-14H2. The largest absolute Gasteiger partial charge is 0.306 e. The molecule has 6 heteroatoms. The van der Waals surface area contributed by atoms with Gasteiger partial charge in [-0.1, -0.05) is 17.7 Å². The Hall–Kier alpha value is -2.21. The lowest BCUT2D eigenvalue weighted by atomic mass is 9.68. The molecular weight excluding hydrogens is 300 g/mol.